The maximum atomic E-state index is 12.5. The highest BCUT2D eigenvalue weighted by atomic mass is 16.2. The first-order valence-corrected chi connectivity index (χ1v) is 8.35. The van der Waals surface area contributed by atoms with Crippen LogP contribution in [0.1, 0.15) is 65.7 Å². The van der Waals surface area contributed by atoms with Gasteiger partial charge in [-0.05, 0) is 43.4 Å². The Morgan fingerprint density at radius 3 is 2.25 bits per heavy atom. The molecule has 1 N–H and O–H groups in total. The molecule has 128 valence electrons. The number of aromatic nitrogens is 1. The number of Topliss-reactive ketones (excluding diaryl/α,β-unsaturated/α-hetero) is 1. The van der Waals surface area contributed by atoms with Crippen LogP contribution < -0.4 is 5.32 Å². The van der Waals surface area contributed by atoms with Gasteiger partial charge in [0.15, 0.2) is 5.78 Å². The maximum absolute atomic E-state index is 12.5. The molecule has 4 heteroatoms. The van der Waals surface area contributed by atoms with Crippen LogP contribution >= 0.6 is 0 Å². The summed E-state index contributed by atoms with van der Waals surface area (Å²) in [5.74, 6) is 0.406. The third kappa shape index (κ3) is 4.34. The molecule has 1 atom stereocenters. The number of hydrogen-bond donors (Lipinski definition) is 1. The van der Waals surface area contributed by atoms with Crippen LogP contribution in [0.25, 0.3) is 0 Å². The van der Waals surface area contributed by atoms with Crippen molar-refractivity contribution in [1.29, 1.82) is 0 Å². The number of carbonyl (C=O) groups is 2. The number of carbonyl (C=O) groups excluding carboxylic acids is 2. The second-order valence-corrected chi connectivity index (χ2v) is 6.82. The Kier molecular flexibility index (Phi) is 5.60. The van der Waals surface area contributed by atoms with Gasteiger partial charge in [-0.1, -0.05) is 38.1 Å². The minimum atomic E-state index is -0.177. The lowest BCUT2D eigenvalue weighted by atomic mass is 10.00. The summed E-state index contributed by atoms with van der Waals surface area (Å²) in [6.45, 7) is 7.86. The first-order valence-electron chi connectivity index (χ1n) is 8.35. The van der Waals surface area contributed by atoms with Crippen molar-refractivity contribution in [2.45, 2.75) is 40.2 Å². The first-order chi connectivity index (χ1) is 11.3. The summed E-state index contributed by atoms with van der Waals surface area (Å²) in [5, 5.41) is 2.99. The second kappa shape index (κ2) is 7.47. The highest BCUT2D eigenvalue weighted by Gasteiger charge is 2.16. The van der Waals surface area contributed by atoms with E-state index in [4.69, 9.17) is 0 Å². The summed E-state index contributed by atoms with van der Waals surface area (Å²) < 4.78 is 1.69. The van der Waals surface area contributed by atoms with E-state index >= 15 is 0 Å². The van der Waals surface area contributed by atoms with Gasteiger partial charge in [-0.3, -0.25) is 9.59 Å². The van der Waals surface area contributed by atoms with Gasteiger partial charge in [-0.15, -0.1) is 0 Å². The molecule has 0 bridgehead atoms. The van der Waals surface area contributed by atoms with E-state index in [1.165, 1.54) is 12.5 Å². The number of nitrogens with one attached hydrogen (secondary N) is 1. The van der Waals surface area contributed by atoms with Crippen LogP contribution in [0.2, 0.25) is 0 Å². The van der Waals surface area contributed by atoms with Crippen LogP contribution in [0, 0.1) is 5.92 Å². The van der Waals surface area contributed by atoms with E-state index in [1.54, 1.807) is 23.9 Å². The molecule has 0 radical (unpaired) electrons. The Labute approximate surface area is 143 Å². The molecule has 0 saturated carbocycles. The van der Waals surface area contributed by atoms with Crippen molar-refractivity contribution in [3.05, 3.63) is 58.9 Å². The second-order valence-electron chi connectivity index (χ2n) is 6.82. The molecule has 1 aromatic carbocycles. The molecule has 1 heterocycles. The van der Waals surface area contributed by atoms with Crippen molar-refractivity contribution in [2.24, 2.45) is 13.0 Å². The molecule has 0 fully saturated rings. The van der Waals surface area contributed by atoms with Gasteiger partial charge in [0.25, 0.3) is 5.91 Å². The molecule has 2 aromatic rings. The van der Waals surface area contributed by atoms with Gasteiger partial charge < -0.3 is 9.88 Å². The number of ketones is 1. The van der Waals surface area contributed by atoms with E-state index in [2.05, 4.69) is 43.4 Å². The molecule has 1 aromatic heterocycles. The molecule has 0 unspecified atom stereocenters. The summed E-state index contributed by atoms with van der Waals surface area (Å²) >= 11 is 0. The van der Waals surface area contributed by atoms with E-state index in [9.17, 15) is 9.59 Å². The minimum Gasteiger partial charge on any atom is -0.346 e. The topological polar surface area (TPSA) is 51.1 Å². The van der Waals surface area contributed by atoms with Crippen molar-refractivity contribution >= 4 is 11.7 Å². The summed E-state index contributed by atoms with van der Waals surface area (Å²) in [6, 6.07) is 9.91. The normalized spacial score (nSPS) is 12.2. The summed E-state index contributed by atoms with van der Waals surface area (Å²) in [6.07, 6.45) is 2.74. The average molecular weight is 326 g/mol. The molecule has 4 nitrogen and oxygen atoms in total. The average Bonchev–Trinajstić information content (AvgIpc) is 2.89. The van der Waals surface area contributed by atoms with Gasteiger partial charge in [0.2, 0.25) is 0 Å². The van der Waals surface area contributed by atoms with Gasteiger partial charge in [0.1, 0.15) is 5.69 Å². The standard InChI is InChI=1S/C20H26N2O2/c1-13(2)10-16-6-8-17(9-7-16)14(3)21-20(24)19-11-18(15(4)23)12-22(19)5/h6-9,11-14H,10H2,1-5H3,(H,21,24)/t14-/m0/s1. The van der Waals surface area contributed by atoms with Crippen LogP contribution in [0.3, 0.4) is 0 Å². The van der Waals surface area contributed by atoms with Crippen LogP contribution in [0.5, 0.6) is 0 Å². The van der Waals surface area contributed by atoms with Gasteiger partial charge in [0.05, 0.1) is 6.04 Å². The third-order valence-corrected chi connectivity index (χ3v) is 4.12. The zero-order valence-corrected chi connectivity index (χ0v) is 15.1. The molecule has 0 aliphatic rings. The van der Waals surface area contributed by atoms with Gasteiger partial charge >= 0.3 is 0 Å². The number of amides is 1. The van der Waals surface area contributed by atoms with E-state index < -0.39 is 0 Å². The molecule has 0 aliphatic heterocycles. The monoisotopic (exact) mass is 326 g/mol. The Morgan fingerprint density at radius 1 is 1.12 bits per heavy atom. The number of hydrogen-bond acceptors (Lipinski definition) is 2. The summed E-state index contributed by atoms with van der Waals surface area (Å²) in [7, 11) is 1.77. The van der Waals surface area contributed by atoms with Crippen LogP contribution in [0.15, 0.2) is 36.5 Å². The van der Waals surface area contributed by atoms with E-state index in [1.807, 2.05) is 6.92 Å². The fourth-order valence-electron chi connectivity index (χ4n) is 2.75. The van der Waals surface area contributed by atoms with Crippen molar-refractivity contribution < 1.29 is 9.59 Å². The maximum Gasteiger partial charge on any atom is 0.268 e. The Morgan fingerprint density at radius 2 is 1.75 bits per heavy atom. The molecular formula is C20H26N2O2. The fourth-order valence-corrected chi connectivity index (χ4v) is 2.75. The smallest absolute Gasteiger partial charge is 0.268 e. The lowest BCUT2D eigenvalue weighted by Gasteiger charge is -2.15. The quantitative estimate of drug-likeness (QED) is 0.818. The highest BCUT2D eigenvalue weighted by molar-refractivity contribution is 5.99. The molecule has 0 spiro atoms. The minimum absolute atomic E-state index is 0.0431. The third-order valence-electron chi connectivity index (χ3n) is 4.12. The predicted octanol–water partition coefficient (Wildman–Crippen LogP) is 3.92. The Hall–Kier alpha value is -2.36. The van der Waals surface area contributed by atoms with Gasteiger partial charge in [0, 0.05) is 18.8 Å². The SMILES string of the molecule is CC(=O)c1cc(C(=O)N[C@@H](C)c2ccc(CC(C)C)cc2)n(C)c1. The lowest BCUT2D eigenvalue weighted by molar-refractivity contribution is 0.0931. The van der Waals surface area contributed by atoms with Crippen molar-refractivity contribution in [1.82, 2.24) is 9.88 Å². The van der Waals surface area contributed by atoms with Crippen molar-refractivity contribution in [3.8, 4) is 0 Å². The van der Waals surface area contributed by atoms with E-state index in [0.29, 0.717) is 17.2 Å². The Bertz CT molecular complexity index is 727. The molecular weight excluding hydrogens is 300 g/mol. The Balaban J connectivity index is 2.07. The van der Waals surface area contributed by atoms with Gasteiger partial charge in [-0.2, -0.15) is 0 Å². The van der Waals surface area contributed by atoms with Crippen LogP contribution in [-0.2, 0) is 13.5 Å². The predicted molar refractivity (Wildman–Crippen MR) is 96.3 cm³/mol. The summed E-state index contributed by atoms with van der Waals surface area (Å²) in [5.41, 5.74) is 3.41. The first kappa shape index (κ1) is 18.0. The highest BCUT2D eigenvalue weighted by Crippen LogP contribution is 2.17. The number of aryl methyl sites for hydroxylation is 1. The van der Waals surface area contributed by atoms with E-state index in [-0.39, 0.29) is 17.7 Å². The zero-order valence-electron chi connectivity index (χ0n) is 15.1. The largest absolute Gasteiger partial charge is 0.346 e. The van der Waals surface area contributed by atoms with Crippen molar-refractivity contribution in [2.75, 3.05) is 0 Å². The number of benzene rings is 1. The van der Waals surface area contributed by atoms with Crippen LogP contribution in [0.4, 0.5) is 0 Å². The summed E-state index contributed by atoms with van der Waals surface area (Å²) in [4.78, 5) is 23.9. The molecule has 0 saturated heterocycles. The van der Waals surface area contributed by atoms with Crippen LogP contribution in [-0.4, -0.2) is 16.3 Å². The molecule has 2 rings (SSSR count). The molecule has 1 amide bonds. The zero-order chi connectivity index (χ0) is 17.9. The van der Waals surface area contributed by atoms with Gasteiger partial charge in [-0.25, -0.2) is 0 Å². The molecule has 24 heavy (non-hydrogen) atoms. The lowest BCUT2D eigenvalue weighted by Crippen LogP contribution is -2.28. The number of nitrogens with zero attached hydrogens (tertiary/aromatic N) is 1. The molecule has 0 aliphatic carbocycles. The van der Waals surface area contributed by atoms with E-state index in [0.717, 1.165) is 12.0 Å². The number of rotatable bonds is 6. The van der Waals surface area contributed by atoms with Crippen molar-refractivity contribution in [3.63, 3.8) is 0 Å². The fraction of sp³-hybridized carbons (Fsp3) is 0.400.